The normalized spacial score (nSPS) is 17.8. The molecule has 2 heterocycles. The molecule has 1 aliphatic rings. The van der Waals surface area contributed by atoms with Gasteiger partial charge in [0.1, 0.15) is 11.6 Å². The Bertz CT molecular complexity index is 1430. The van der Waals surface area contributed by atoms with Gasteiger partial charge in [0.25, 0.3) is 5.91 Å². The third kappa shape index (κ3) is 7.64. The van der Waals surface area contributed by atoms with E-state index in [-0.39, 0.29) is 54.8 Å². The summed E-state index contributed by atoms with van der Waals surface area (Å²) in [5, 5.41) is 12.4. The van der Waals surface area contributed by atoms with Gasteiger partial charge in [0.05, 0.1) is 42.8 Å². The Hall–Kier alpha value is -3.45. The smallest absolute Gasteiger partial charge is 0.286 e. The average Bonchev–Trinajstić information content (AvgIpc) is 3.38. The minimum absolute atomic E-state index is 0.00476. The van der Waals surface area contributed by atoms with E-state index in [1.165, 1.54) is 19.2 Å². The molecule has 0 saturated heterocycles. The van der Waals surface area contributed by atoms with Crippen LogP contribution in [0.1, 0.15) is 33.0 Å². The molecule has 1 aromatic heterocycles. The molecule has 0 bridgehead atoms. The van der Waals surface area contributed by atoms with E-state index in [2.05, 4.69) is 36.1 Å². The molecule has 0 fully saturated rings. The van der Waals surface area contributed by atoms with Crippen LogP contribution in [0.3, 0.4) is 0 Å². The molecule has 0 unspecified atom stereocenters. The van der Waals surface area contributed by atoms with E-state index >= 15 is 0 Å². The van der Waals surface area contributed by atoms with Gasteiger partial charge < -0.3 is 29.6 Å². The van der Waals surface area contributed by atoms with Crippen molar-refractivity contribution >= 4 is 27.0 Å². The molecule has 0 spiro atoms. The topological polar surface area (TPSA) is 143 Å². The third-order valence-corrected chi connectivity index (χ3v) is 8.85. The van der Waals surface area contributed by atoms with Crippen molar-refractivity contribution in [2.24, 2.45) is 11.3 Å². The summed E-state index contributed by atoms with van der Waals surface area (Å²) in [5.74, 6) is 0.893. The number of hydrogen-bond acceptors (Lipinski definition) is 8. The Morgan fingerprint density at radius 2 is 1.90 bits per heavy atom. The number of sulfonamides is 1. The quantitative estimate of drug-likeness (QED) is 0.294. The van der Waals surface area contributed by atoms with E-state index in [0.717, 1.165) is 15.3 Å². The Kier molecular flexibility index (Phi) is 9.69. The number of amides is 1. The van der Waals surface area contributed by atoms with Crippen molar-refractivity contribution < 1.29 is 32.5 Å². The lowest BCUT2D eigenvalue weighted by Crippen LogP contribution is -2.39. The predicted octanol–water partition coefficient (Wildman–Crippen LogP) is 3.18. The van der Waals surface area contributed by atoms with Crippen LogP contribution >= 0.6 is 0 Å². The van der Waals surface area contributed by atoms with Gasteiger partial charge in [0.15, 0.2) is 5.76 Å². The summed E-state index contributed by atoms with van der Waals surface area (Å²) in [6.45, 7) is 5.97. The molecule has 41 heavy (non-hydrogen) atoms. The average molecular weight is 587 g/mol. The van der Waals surface area contributed by atoms with E-state index in [4.69, 9.17) is 14.2 Å². The zero-order valence-corrected chi connectivity index (χ0v) is 24.6. The lowest BCUT2D eigenvalue weighted by molar-refractivity contribution is -0.153. The predicted molar refractivity (Wildman–Crippen MR) is 153 cm³/mol. The lowest BCUT2D eigenvalue weighted by Gasteiger charge is -2.36. The lowest BCUT2D eigenvalue weighted by atomic mass is 9.77. The second-order valence-corrected chi connectivity index (χ2v) is 12.8. The fourth-order valence-electron chi connectivity index (χ4n) is 4.51. The number of imidazole rings is 1. The molecule has 2 atom stereocenters. The molecule has 0 aliphatic carbocycles. The van der Waals surface area contributed by atoms with E-state index < -0.39 is 22.2 Å². The summed E-state index contributed by atoms with van der Waals surface area (Å²) in [5.41, 5.74) is 1.53. The summed E-state index contributed by atoms with van der Waals surface area (Å²) in [4.78, 5) is 20.8. The van der Waals surface area contributed by atoms with Crippen LogP contribution in [0.25, 0.3) is 11.0 Å². The first-order chi connectivity index (χ1) is 19.5. The van der Waals surface area contributed by atoms with Crippen molar-refractivity contribution in [1.82, 2.24) is 19.6 Å². The molecule has 11 nitrogen and oxygen atoms in total. The highest BCUT2D eigenvalue weighted by Crippen LogP contribution is 2.36. The van der Waals surface area contributed by atoms with Crippen molar-refractivity contribution in [1.29, 1.82) is 0 Å². The molecule has 1 aliphatic heterocycles. The first kappa shape index (κ1) is 30.5. The van der Waals surface area contributed by atoms with Gasteiger partial charge in [-0.2, -0.15) is 4.31 Å². The van der Waals surface area contributed by atoms with Gasteiger partial charge in [-0.3, -0.25) is 4.79 Å². The molecule has 0 saturated carbocycles. The minimum Gasteiger partial charge on any atom is -0.497 e. The number of aliphatic hydroxyl groups is 1. The van der Waals surface area contributed by atoms with Crippen molar-refractivity contribution in [3.8, 4) is 5.75 Å². The number of rotatable bonds is 12. The van der Waals surface area contributed by atoms with Gasteiger partial charge in [-0.25, -0.2) is 13.4 Å². The number of allylic oxidation sites excluding steroid dienone is 1. The Balaban J connectivity index is 1.39. The standard InChI is InChI=1S/C29H38N4O7S/c1-29(2,3)20-17-25(28(35)30-19-26-31-23-7-5-6-8-24(23)32-26)40-27(18-20)39-16-14-33(13-15-34)41(36,37)22-11-9-21(38-4)10-12-22/h5-12,17,20,27,34H,13-16,18-19H2,1-4H3,(H,30,35)(H,31,32)/t20-,27+/m1/s1. The zero-order chi connectivity index (χ0) is 29.6. The molecule has 0 radical (unpaired) electrons. The van der Waals surface area contributed by atoms with E-state index in [1.807, 2.05) is 30.3 Å². The zero-order valence-electron chi connectivity index (χ0n) is 23.8. The highest BCUT2D eigenvalue weighted by molar-refractivity contribution is 7.89. The van der Waals surface area contributed by atoms with Gasteiger partial charge in [-0.15, -0.1) is 0 Å². The number of benzene rings is 2. The highest BCUT2D eigenvalue weighted by atomic mass is 32.2. The number of carbonyl (C=O) groups is 1. The maximum absolute atomic E-state index is 13.2. The molecule has 4 rings (SSSR count). The van der Waals surface area contributed by atoms with Crippen LogP contribution in [0.5, 0.6) is 5.75 Å². The number of aliphatic hydroxyl groups excluding tert-OH is 1. The third-order valence-electron chi connectivity index (χ3n) is 6.94. The van der Waals surface area contributed by atoms with Crippen molar-refractivity contribution in [2.75, 3.05) is 33.4 Å². The number of nitrogens with one attached hydrogen (secondary N) is 2. The maximum atomic E-state index is 13.2. The van der Waals surface area contributed by atoms with Crippen LogP contribution in [0.2, 0.25) is 0 Å². The second-order valence-electron chi connectivity index (χ2n) is 10.8. The van der Waals surface area contributed by atoms with Crippen LogP contribution in [-0.2, 0) is 30.8 Å². The van der Waals surface area contributed by atoms with E-state index in [1.54, 1.807) is 12.1 Å². The Morgan fingerprint density at radius 3 is 2.56 bits per heavy atom. The molecular formula is C29H38N4O7S. The van der Waals surface area contributed by atoms with Crippen LogP contribution in [0.15, 0.2) is 65.3 Å². The fraction of sp³-hybridized carbons (Fsp3) is 0.448. The van der Waals surface area contributed by atoms with Crippen molar-refractivity contribution in [2.45, 2.75) is 44.9 Å². The first-order valence-corrected chi connectivity index (χ1v) is 14.9. The van der Waals surface area contributed by atoms with Gasteiger partial charge >= 0.3 is 0 Å². The first-order valence-electron chi connectivity index (χ1n) is 13.5. The van der Waals surface area contributed by atoms with E-state index in [9.17, 15) is 18.3 Å². The van der Waals surface area contributed by atoms with Gasteiger partial charge in [-0.1, -0.05) is 32.9 Å². The number of carbonyl (C=O) groups excluding carboxylic acids is 1. The Labute approximate surface area is 240 Å². The van der Waals surface area contributed by atoms with E-state index in [0.29, 0.717) is 18.0 Å². The number of aromatic nitrogens is 2. The summed E-state index contributed by atoms with van der Waals surface area (Å²) < 4.78 is 44.5. The summed E-state index contributed by atoms with van der Waals surface area (Å²) in [7, 11) is -2.38. The summed E-state index contributed by atoms with van der Waals surface area (Å²) in [6.07, 6.45) is 1.56. The summed E-state index contributed by atoms with van der Waals surface area (Å²) in [6, 6.07) is 13.7. The number of ether oxygens (including phenoxy) is 3. The van der Waals surface area contributed by atoms with Crippen LogP contribution in [0, 0.1) is 11.3 Å². The highest BCUT2D eigenvalue weighted by Gasteiger charge is 2.34. The number of nitrogens with zero attached hydrogens (tertiary/aromatic N) is 2. The van der Waals surface area contributed by atoms with Crippen LogP contribution in [-0.4, -0.2) is 73.4 Å². The van der Waals surface area contributed by atoms with Gasteiger partial charge in [0.2, 0.25) is 16.3 Å². The number of fused-ring (bicyclic) bond motifs is 1. The van der Waals surface area contributed by atoms with Crippen molar-refractivity contribution in [3.05, 3.63) is 66.2 Å². The number of aromatic amines is 1. The molecule has 3 aromatic rings. The number of para-hydroxylation sites is 2. The number of methoxy groups -OCH3 is 1. The monoisotopic (exact) mass is 586 g/mol. The van der Waals surface area contributed by atoms with Crippen molar-refractivity contribution in [3.63, 3.8) is 0 Å². The molecule has 12 heteroatoms. The largest absolute Gasteiger partial charge is 0.497 e. The molecule has 1 amide bonds. The van der Waals surface area contributed by atoms with Gasteiger partial charge in [-0.05, 0) is 53.8 Å². The molecule has 2 aromatic carbocycles. The number of hydrogen-bond donors (Lipinski definition) is 3. The van der Waals surface area contributed by atoms with Gasteiger partial charge in [0, 0.05) is 19.5 Å². The SMILES string of the molecule is COc1ccc(S(=O)(=O)N(CCO)CCO[C@@H]2C[C@H](C(C)(C)C)C=C(C(=O)NCc3nc4ccccc4[nH]3)O2)cc1. The Morgan fingerprint density at radius 1 is 1.17 bits per heavy atom. The van der Waals surface area contributed by atoms with Crippen LogP contribution in [0.4, 0.5) is 0 Å². The summed E-state index contributed by atoms with van der Waals surface area (Å²) >= 11 is 0. The minimum atomic E-state index is -3.88. The molecule has 222 valence electrons. The number of H-pyrrole nitrogens is 1. The maximum Gasteiger partial charge on any atom is 0.286 e. The molecular weight excluding hydrogens is 548 g/mol. The second kappa shape index (κ2) is 13.0. The molecule has 3 N–H and O–H groups in total. The van der Waals surface area contributed by atoms with Crippen LogP contribution < -0.4 is 10.1 Å². The fourth-order valence-corrected chi connectivity index (χ4v) is 5.92.